The first-order chi connectivity index (χ1) is 7.27. The van der Waals surface area contributed by atoms with Gasteiger partial charge in [0.2, 0.25) is 0 Å². The summed E-state index contributed by atoms with van der Waals surface area (Å²) in [5, 5.41) is -0.0823. The van der Waals surface area contributed by atoms with Crippen LogP contribution in [0.15, 0.2) is 47.1 Å². The number of hydrogen-bond donors (Lipinski definition) is 0. The van der Waals surface area contributed by atoms with Crippen LogP contribution >= 0.6 is 11.6 Å². The van der Waals surface area contributed by atoms with Crippen LogP contribution in [-0.2, 0) is 6.42 Å². The van der Waals surface area contributed by atoms with Crippen LogP contribution in [0.2, 0.25) is 0 Å². The SMILES string of the molecule is Cc1ccccc1CC(Cl)c1ccco1. The monoisotopic (exact) mass is 220 g/mol. The van der Waals surface area contributed by atoms with Gasteiger partial charge in [0.25, 0.3) is 0 Å². The maximum atomic E-state index is 6.26. The zero-order valence-electron chi connectivity index (χ0n) is 8.61. The molecule has 0 saturated carbocycles. The van der Waals surface area contributed by atoms with E-state index < -0.39 is 0 Å². The second-order valence-electron chi connectivity index (χ2n) is 3.61. The smallest absolute Gasteiger partial charge is 0.121 e. The first kappa shape index (κ1) is 10.3. The first-order valence-corrected chi connectivity index (χ1v) is 5.43. The molecular formula is C13H13ClO. The van der Waals surface area contributed by atoms with E-state index in [2.05, 4.69) is 19.1 Å². The minimum atomic E-state index is -0.0823. The largest absolute Gasteiger partial charge is 0.468 e. The highest BCUT2D eigenvalue weighted by molar-refractivity contribution is 6.20. The second-order valence-corrected chi connectivity index (χ2v) is 4.14. The third kappa shape index (κ3) is 2.42. The number of alkyl halides is 1. The highest BCUT2D eigenvalue weighted by atomic mass is 35.5. The summed E-state index contributed by atoms with van der Waals surface area (Å²) in [6.45, 7) is 2.10. The summed E-state index contributed by atoms with van der Waals surface area (Å²) in [7, 11) is 0. The Morgan fingerprint density at radius 1 is 1.20 bits per heavy atom. The molecule has 2 aromatic rings. The van der Waals surface area contributed by atoms with Crippen molar-refractivity contribution in [2.45, 2.75) is 18.7 Å². The number of aryl methyl sites for hydroxylation is 1. The molecule has 1 unspecified atom stereocenters. The van der Waals surface area contributed by atoms with Crippen LogP contribution in [0.25, 0.3) is 0 Å². The molecule has 0 amide bonds. The fourth-order valence-corrected chi connectivity index (χ4v) is 1.89. The summed E-state index contributed by atoms with van der Waals surface area (Å²) in [5.41, 5.74) is 2.55. The van der Waals surface area contributed by atoms with Crippen LogP contribution in [0.5, 0.6) is 0 Å². The van der Waals surface area contributed by atoms with E-state index >= 15 is 0 Å². The van der Waals surface area contributed by atoms with E-state index in [9.17, 15) is 0 Å². The highest BCUT2D eigenvalue weighted by Gasteiger charge is 2.12. The van der Waals surface area contributed by atoms with Crippen LogP contribution in [0.3, 0.4) is 0 Å². The van der Waals surface area contributed by atoms with Gasteiger partial charge >= 0.3 is 0 Å². The highest BCUT2D eigenvalue weighted by Crippen LogP contribution is 2.26. The maximum absolute atomic E-state index is 6.26. The fraction of sp³-hybridized carbons (Fsp3) is 0.231. The van der Waals surface area contributed by atoms with Crippen LogP contribution in [0.4, 0.5) is 0 Å². The Kier molecular flexibility index (Phi) is 3.12. The van der Waals surface area contributed by atoms with Gasteiger partial charge in [0.1, 0.15) is 5.76 Å². The molecule has 0 aliphatic heterocycles. The molecule has 0 aliphatic carbocycles. The molecule has 0 aliphatic rings. The number of halogens is 1. The lowest BCUT2D eigenvalue weighted by atomic mass is 10.0. The molecule has 0 radical (unpaired) electrons. The van der Waals surface area contributed by atoms with Crippen molar-refractivity contribution in [3.8, 4) is 0 Å². The quantitative estimate of drug-likeness (QED) is 0.710. The van der Waals surface area contributed by atoms with Crippen molar-refractivity contribution in [1.29, 1.82) is 0 Å². The molecule has 0 saturated heterocycles. The van der Waals surface area contributed by atoms with Crippen molar-refractivity contribution in [3.05, 3.63) is 59.5 Å². The van der Waals surface area contributed by atoms with E-state index in [4.69, 9.17) is 16.0 Å². The lowest BCUT2D eigenvalue weighted by molar-refractivity contribution is 0.502. The molecule has 1 aromatic carbocycles. The topological polar surface area (TPSA) is 13.1 Å². The molecule has 78 valence electrons. The van der Waals surface area contributed by atoms with Crippen molar-refractivity contribution >= 4 is 11.6 Å². The normalized spacial score (nSPS) is 12.7. The standard InChI is InChI=1S/C13H13ClO/c1-10-5-2-3-6-11(10)9-12(14)13-7-4-8-15-13/h2-8,12H,9H2,1H3. The Balaban J connectivity index is 2.13. The fourth-order valence-electron chi connectivity index (χ4n) is 1.60. The third-order valence-electron chi connectivity index (χ3n) is 2.51. The summed E-state index contributed by atoms with van der Waals surface area (Å²) in [6, 6.07) is 12.1. The lowest BCUT2D eigenvalue weighted by Crippen LogP contribution is -1.96. The number of hydrogen-bond acceptors (Lipinski definition) is 1. The molecule has 2 heteroatoms. The van der Waals surface area contributed by atoms with Crippen molar-refractivity contribution in [2.75, 3.05) is 0 Å². The minimum absolute atomic E-state index is 0.0823. The molecule has 1 nitrogen and oxygen atoms in total. The van der Waals surface area contributed by atoms with E-state index in [0.717, 1.165) is 12.2 Å². The predicted molar refractivity (Wildman–Crippen MR) is 62.2 cm³/mol. The number of furan rings is 1. The first-order valence-electron chi connectivity index (χ1n) is 4.99. The van der Waals surface area contributed by atoms with Crippen LogP contribution in [0.1, 0.15) is 22.3 Å². The Morgan fingerprint density at radius 3 is 2.67 bits per heavy atom. The molecule has 2 rings (SSSR count). The van der Waals surface area contributed by atoms with Gasteiger partial charge in [-0.05, 0) is 36.6 Å². The average molecular weight is 221 g/mol. The van der Waals surface area contributed by atoms with Crippen molar-refractivity contribution < 1.29 is 4.42 Å². The van der Waals surface area contributed by atoms with E-state index in [-0.39, 0.29) is 5.38 Å². The van der Waals surface area contributed by atoms with Crippen molar-refractivity contribution in [3.63, 3.8) is 0 Å². The van der Waals surface area contributed by atoms with Gasteiger partial charge < -0.3 is 4.42 Å². The summed E-state index contributed by atoms with van der Waals surface area (Å²) in [5.74, 6) is 0.833. The Bertz CT molecular complexity index is 420. The van der Waals surface area contributed by atoms with Gasteiger partial charge in [0, 0.05) is 0 Å². The van der Waals surface area contributed by atoms with Gasteiger partial charge in [-0.15, -0.1) is 11.6 Å². The number of benzene rings is 1. The van der Waals surface area contributed by atoms with Crippen molar-refractivity contribution in [1.82, 2.24) is 0 Å². The Hall–Kier alpha value is -1.21. The van der Waals surface area contributed by atoms with Gasteiger partial charge in [0.05, 0.1) is 11.6 Å². The van der Waals surface area contributed by atoms with Gasteiger partial charge in [0.15, 0.2) is 0 Å². The molecule has 0 spiro atoms. The summed E-state index contributed by atoms with van der Waals surface area (Å²) >= 11 is 6.26. The van der Waals surface area contributed by atoms with E-state index in [1.165, 1.54) is 11.1 Å². The van der Waals surface area contributed by atoms with Crippen LogP contribution in [0, 0.1) is 6.92 Å². The molecule has 0 fully saturated rings. The molecular weight excluding hydrogens is 208 g/mol. The van der Waals surface area contributed by atoms with Gasteiger partial charge in [-0.25, -0.2) is 0 Å². The second kappa shape index (κ2) is 4.54. The molecule has 1 heterocycles. The summed E-state index contributed by atoms with van der Waals surface area (Å²) in [6.07, 6.45) is 2.46. The van der Waals surface area contributed by atoms with Gasteiger partial charge in [-0.1, -0.05) is 24.3 Å². The Labute approximate surface area is 94.7 Å². The van der Waals surface area contributed by atoms with Crippen LogP contribution < -0.4 is 0 Å². The maximum Gasteiger partial charge on any atom is 0.121 e. The van der Waals surface area contributed by atoms with Gasteiger partial charge in [-0.3, -0.25) is 0 Å². The molecule has 15 heavy (non-hydrogen) atoms. The zero-order valence-corrected chi connectivity index (χ0v) is 9.37. The lowest BCUT2D eigenvalue weighted by Gasteiger charge is -2.08. The van der Waals surface area contributed by atoms with Crippen molar-refractivity contribution in [2.24, 2.45) is 0 Å². The third-order valence-corrected chi connectivity index (χ3v) is 2.88. The molecule has 1 atom stereocenters. The van der Waals surface area contributed by atoms with Gasteiger partial charge in [-0.2, -0.15) is 0 Å². The average Bonchev–Trinajstić information content (AvgIpc) is 2.74. The molecule has 0 bridgehead atoms. The predicted octanol–water partition coefficient (Wildman–Crippen LogP) is 4.11. The summed E-state index contributed by atoms with van der Waals surface area (Å²) in [4.78, 5) is 0. The Morgan fingerprint density at radius 2 is 2.00 bits per heavy atom. The molecule has 0 N–H and O–H groups in total. The molecule has 1 aromatic heterocycles. The number of rotatable bonds is 3. The minimum Gasteiger partial charge on any atom is -0.468 e. The van der Waals surface area contributed by atoms with E-state index in [1.54, 1.807) is 6.26 Å². The van der Waals surface area contributed by atoms with E-state index in [1.807, 2.05) is 24.3 Å². The van der Waals surface area contributed by atoms with E-state index in [0.29, 0.717) is 0 Å². The van der Waals surface area contributed by atoms with Crippen LogP contribution in [-0.4, -0.2) is 0 Å². The summed E-state index contributed by atoms with van der Waals surface area (Å²) < 4.78 is 5.28. The zero-order chi connectivity index (χ0) is 10.7.